The summed E-state index contributed by atoms with van der Waals surface area (Å²) in [5.41, 5.74) is -0.0500. The third-order valence-electron chi connectivity index (χ3n) is 2.50. The molecule has 2 N–H and O–H groups in total. The molecule has 0 bridgehead atoms. The third kappa shape index (κ3) is 4.19. The monoisotopic (exact) mass is 238 g/mol. The molecular formula is C12H22N4O. The molecule has 0 aliphatic rings. The molecular weight excluding hydrogens is 216 g/mol. The Hall–Kier alpha value is -1.36. The molecule has 0 spiro atoms. The van der Waals surface area contributed by atoms with Crippen LogP contribution in [0.2, 0.25) is 0 Å². The van der Waals surface area contributed by atoms with Gasteiger partial charge in [0.2, 0.25) is 0 Å². The van der Waals surface area contributed by atoms with Crippen LogP contribution < -0.4 is 16.2 Å². The van der Waals surface area contributed by atoms with E-state index in [2.05, 4.69) is 22.5 Å². The van der Waals surface area contributed by atoms with Crippen molar-refractivity contribution in [2.24, 2.45) is 0 Å². The summed E-state index contributed by atoms with van der Waals surface area (Å²) in [6.07, 6.45) is 4.36. The Morgan fingerprint density at radius 2 is 2.18 bits per heavy atom. The zero-order chi connectivity index (χ0) is 12.7. The van der Waals surface area contributed by atoms with Gasteiger partial charge >= 0.3 is 0 Å². The van der Waals surface area contributed by atoms with Crippen molar-refractivity contribution in [2.75, 3.05) is 25.0 Å². The highest BCUT2D eigenvalue weighted by molar-refractivity contribution is 5.30. The molecule has 0 aliphatic carbocycles. The number of nitrogens with one attached hydrogen (secondary N) is 2. The van der Waals surface area contributed by atoms with Crippen molar-refractivity contribution in [3.8, 4) is 0 Å². The van der Waals surface area contributed by atoms with Crippen molar-refractivity contribution in [3.05, 3.63) is 22.7 Å². The van der Waals surface area contributed by atoms with Crippen LogP contribution in [0.1, 0.15) is 33.2 Å². The molecule has 0 aromatic carbocycles. The second-order valence-corrected chi connectivity index (χ2v) is 4.22. The summed E-state index contributed by atoms with van der Waals surface area (Å²) in [4.78, 5) is 16.0. The van der Waals surface area contributed by atoms with Gasteiger partial charge in [-0.2, -0.15) is 0 Å². The number of anilines is 1. The number of hydrogen-bond donors (Lipinski definition) is 2. The first kappa shape index (κ1) is 13.7. The fourth-order valence-electron chi connectivity index (χ4n) is 1.55. The van der Waals surface area contributed by atoms with E-state index < -0.39 is 0 Å². The maximum Gasteiger partial charge on any atom is 0.293 e. The molecule has 1 rings (SSSR count). The minimum absolute atomic E-state index is 0.0500. The maximum atomic E-state index is 12.0. The standard InChI is InChI=1S/C12H22N4O/c1-4-13-6-5-7-14-11-12(17)16(10(2)3)9-8-15-11/h8-10,13H,4-7H2,1-3H3,(H,14,15). The molecule has 0 amide bonds. The van der Waals surface area contributed by atoms with Crippen LogP contribution in [0.4, 0.5) is 5.82 Å². The van der Waals surface area contributed by atoms with Crippen LogP contribution in [0.3, 0.4) is 0 Å². The molecule has 0 saturated heterocycles. The van der Waals surface area contributed by atoms with Gasteiger partial charge in [-0.15, -0.1) is 0 Å². The van der Waals surface area contributed by atoms with Crippen LogP contribution in [0, 0.1) is 0 Å². The first-order valence-electron chi connectivity index (χ1n) is 6.18. The lowest BCUT2D eigenvalue weighted by Crippen LogP contribution is -2.26. The van der Waals surface area contributed by atoms with E-state index in [1.54, 1.807) is 17.0 Å². The van der Waals surface area contributed by atoms with Crippen molar-refractivity contribution < 1.29 is 0 Å². The van der Waals surface area contributed by atoms with Gasteiger partial charge in [0.1, 0.15) is 0 Å². The van der Waals surface area contributed by atoms with Gasteiger partial charge in [0.05, 0.1) is 0 Å². The highest BCUT2D eigenvalue weighted by Gasteiger charge is 2.05. The number of rotatable bonds is 7. The molecule has 0 saturated carbocycles. The van der Waals surface area contributed by atoms with Crippen LogP contribution in [-0.4, -0.2) is 29.2 Å². The van der Waals surface area contributed by atoms with Crippen LogP contribution in [0.5, 0.6) is 0 Å². The second kappa shape index (κ2) is 7.06. The maximum absolute atomic E-state index is 12.0. The predicted molar refractivity (Wildman–Crippen MR) is 70.5 cm³/mol. The number of aromatic nitrogens is 2. The highest BCUT2D eigenvalue weighted by atomic mass is 16.1. The molecule has 5 nitrogen and oxygen atoms in total. The third-order valence-corrected chi connectivity index (χ3v) is 2.50. The molecule has 0 fully saturated rings. The second-order valence-electron chi connectivity index (χ2n) is 4.22. The molecule has 0 radical (unpaired) electrons. The number of nitrogens with zero attached hydrogens (tertiary/aromatic N) is 2. The summed E-state index contributed by atoms with van der Waals surface area (Å²) in [6, 6.07) is 0.160. The Morgan fingerprint density at radius 3 is 2.82 bits per heavy atom. The van der Waals surface area contributed by atoms with E-state index in [0.29, 0.717) is 5.82 Å². The van der Waals surface area contributed by atoms with Crippen LogP contribution >= 0.6 is 0 Å². The summed E-state index contributed by atoms with van der Waals surface area (Å²) in [5.74, 6) is 0.442. The summed E-state index contributed by atoms with van der Waals surface area (Å²) in [5, 5.41) is 6.32. The normalized spacial score (nSPS) is 10.8. The van der Waals surface area contributed by atoms with E-state index in [9.17, 15) is 4.79 Å². The summed E-state index contributed by atoms with van der Waals surface area (Å²) in [6.45, 7) is 8.73. The van der Waals surface area contributed by atoms with Gasteiger partial charge in [-0.1, -0.05) is 6.92 Å². The largest absolute Gasteiger partial charge is 0.365 e. The first-order valence-corrected chi connectivity index (χ1v) is 6.18. The van der Waals surface area contributed by atoms with E-state index in [4.69, 9.17) is 0 Å². The van der Waals surface area contributed by atoms with Crippen molar-refractivity contribution in [1.29, 1.82) is 0 Å². The van der Waals surface area contributed by atoms with Gasteiger partial charge in [0, 0.05) is 25.0 Å². The van der Waals surface area contributed by atoms with E-state index in [1.165, 1.54) is 0 Å². The minimum Gasteiger partial charge on any atom is -0.365 e. The molecule has 5 heteroatoms. The molecule has 1 aromatic heterocycles. The zero-order valence-electron chi connectivity index (χ0n) is 10.9. The Morgan fingerprint density at radius 1 is 1.41 bits per heavy atom. The van der Waals surface area contributed by atoms with Gasteiger partial charge in [-0.05, 0) is 33.4 Å². The Balaban J connectivity index is 2.54. The van der Waals surface area contributed by atoms with Gasteiger partial charge in [-0.3, -0.25) is 4.79 Å². The van der Waals surface area contributed by atoms with Crippen LogP contribution in [-0.2, 0) is 0 Å². The van der Waals surface area contributed by atoms with Gasteiger partial charge in [0.25, 0.3) is 5.56 Å². The van der Waals surface area contributed by atoms with Gasteiger partial charge in [-0.25, -0.2) is 4.98 Å². The molecule has 17 heavy (non-hydrogen) atoms. The van der Waals surface area contributed by atoms with Crippen molar-refractivity contribution in [2.45, 2.75) is 33.2 Å². The average Bonchev–Trinajstić information content (AvgIpc) is 2.30. The molecule has 1 aromatic rings. The topological polar surface area (TPSA) is 59.0 Å². The Kier molecular flexibility index (Phi) is 5.69. The van der Waals surface area contributed by atoms with Crippen molar-refractivity contribution in [1.82, 2.24) is 14.9 Å². The zero-order valence-corrected chi connectivity index (χ0v) is 10.9. The van der Waals surface area contributed by atoms with E-state index >= 15 is 0 Å². The highest BCUT2D eigenvalue weighted by Crippen LogP contribution is 2.01. The van der Waals surface area contributed by atoms with Gasteiger partial charge < -0.3 is 15.2 Å². The van der Waals surface area contributed by atoms with Crippen LogP contribution in [0.25, 0.3) is 0 Å². The fourth-order valence-corrected chi connectivity index (χ4v) is 1.55. The fraction of sp³-hybridized carbons (Fsp3) is 0.667. The lowest BCUT2D eigenvalue weighted by atomic mass is 10.3. The Labute approximate surface area is 102 Å². The first-order chi connectivity index (χ1) is 8.16. The van der Waals surface area contributed by atoms with E-state index in [1.807, 2.05) is 13.8 Å². The van der Waals surface area contributed by atoms with E-state index in [-0.39, 0.29) is 11.6 Å². The molecule has 0 unspecified atom stereocenters. The summed E-state index contributed by atoms with van der Waals surface area (Å²) < 4.78 is 1.68. The van der Waals surface area contributed by atoms with Gasteiger partial charge in [0.15, 0.2) is 5.82 Å². The lowest BCUT2D eigenvalue weighted by Gasteiger charge is -2.11. The average molecular weight is 238 g/mol. The summed E-state index contributed by atoms with van der Waals surface area (Å²) in [7, 11) is 0. The van der Waals surface area contributed by atoms with Crippen molar-refractivity contribution in [3.63, 3.8) is 0 Å². The molecule has 96 valence electrons. The molecule has 0 atom stereocenters. The smallest absolute Gasteiger partial charge is 0.293 e. The number of hydrogen-bond acceptors (Lipinski definition) is 4. The van der Waals surface area contributed by atoms with Crippen LogP contribution in [0.15, 0.2) is 17.2 Å². The lowest BCUT2D eigenvalue weighted by molar-refractivity contribution is 0.575. The SMILES string of the molecule is CCNCCCNc1nccn(C(C)C)c1=O. The minimum atomic E-state index is -0.0500. The van der Waals surface area contributed by atoms with Crippen molar-refractivity contribution >= 4 is 5.82 Å². The quantitative estimate of drug-likeness (QED) is 0.702. The molecule has 1 heterocycles. The Bertz CT molecular complexity index is 386. The molecule has 0 aliphatic heterocycles. The predicted octanol–water partition coefficient (Wildman–Crippen LogP) is 1.24. The van der Waals surface area contributed by atoms with E-state index in [0.717, 1.165) is 26.1 Å². The summed E-state index contributed by atoms with van der Waals surface area (Å²) >= 11 is 0.